The first-order valence-corrected chi connectivity index (χ1v) is 10.9. The van der Waals surface area contributed by atoms with Gasteiger partial charge in [0, 0.05) is 23.5 Å². The molecular weight excluding hydrogens is 370 g/mol. The van der Waals surface area contributed by atoms with Gasteiger partial charge in [-0.05, 0) is 68.4 Å². The van der Waals surface area contributed by atoms with E-state index < -0.39 is 0 Å². The van der Waals surface area contributed by atoms with Crippen LogP contribution >= 0.6 is 11.3 Å². The molecule has 0 unspecified atom stereocenters. The van der Waals surface area contributed by atoms with Gasteiger partial charge in [-0.25, -0.2) is 4.68 Å². The number of carbonyl (C=O) groups excluding carboxylic acids is 1. The molecule has 1 aromatic carbocycles. The number of aryl methyl sites for hydroxylation is 1. The van der Waals surface area contributed by atoms with E-state index in [1.807, 2.05) is 29.8 Å². The summed E-state index contributed by atoms with van der Waals surface area (Å²) in [7, 11) is 0. The lowest BCUT2D eigenvalue weighted by molar-refractivity contribution is 0.0915. The van der Waals surface area contributed by atoms with Gasteiger partial charge in [-0.1, -0.05) is 18.2 Å². The molecule has 1 atom stereocenters. The third-order valence-electron chi connectivity index (χ3n) is 5.66. The quantitative estimate of drug-likeness (QED) is 0.689. The van der Waals surface area contributed by atoms with Crippen LogP contribution in [0.2, 0.25) is 0 Å². The van der Waals surface area contributed by atoms with E-state index >= 15 is 0 Å². The highest BCUT2D eigenvalue weighted by Crippen LogP contribution is 2.29. The number of amides is 1. The summed E-state index contributed by atoms with van der Waals surface area (Å²) < 4.78 is 1.83. The van der Waals surface area contributed by atoms with E-state index in [0.717, 1.165) is 36.6 Å². The average Bonchev–Trinajstić information content (AvgIpc) is 3.38. The molecule has 0 spiro atoms. The number of hydrogen-bond acceptors (Lipinski definition) is 5. The molecule has 1 aliphatic rings. The summed E-state index contributed by atoms with van der Waals surface area (Å²) in [6.45, 7) is 7.91. The third-order valence-corrected chi connectivity index (χ3v) is 6.64. The molecule has 3 heterocycles. The summed E-state index contributed by atoms with van der Waals surface area (Å²) >= 11 is 1.77. The molecule has 1 aliphatic heterocycles. The van der Waals surface area contributed by atoms with E-state index in [9.17, 15) is 4.79 Å². The molecule has 0 radical (unpaired) electrons. The lowest BCUT2D eigenvalue weighted by atomic mass is 9.97. The largest absolute Gasteiger partial charge is 0.350 e. The molecule has 1 N–H and O–H groups in total. The summed E-state index contributed by atoms with van der Waals surface area (Å²) in [5.74, 6) is 0.734. The van der Waals surface area contributed by atoms with Gasteiger partial charge in [-0.15, -0.1) is 16.4 Å². The van der Waals surface area contributed by atoms with Gasteiger partial charge in [0.1, 0.15) is 5.52 Å². The topological polar surface area (TPSA) is 63.1 Å². The minimum atomic E-state index is -0.0557. The first-order chi connectivity index (χ1) is 13.7. The van der Waals surface area contributed by atoms with Crippen molar-refractivity contribution in [1.82, 2.24) is 25.2 Å². The zero-order valence-electron chi connectivity index (χ0n) is 16.5. The van der Waals surface area contributed by atoms with Crippen molar-refractivity contribution in [2.75, 3.05) is 19.6 Å². The van der Waals surface area contributed by atoms with Crippen molar-refractivity contribution in [3.05, 3.63) is 46.2 Å². The third kappa shape index (κ3) is 3.95. The maximum atomic E-state index is 12.8. The highest BCUT2D eigenvalue weighted by atomic mass is 32.1. The Bertz CT molecular complexity index is 928. The number of thiophene rings is 1. The van der Waals surface area contributed by atoms with Crippen molar-refractivity contribution in [1.29, 1.82) is 0 Å². The molecular formula is C21H27N5OS. The Morgan fingerprint density at radius 2 is 2.14 bits per heavy atom. The second-order valence-corrected chi connectivity index (χ2v) is 8.55. The van der Waals surface area contributed by atoms with E-state index in [0.29, 0.717) is 12.1 Å². The van der Waals surface area contributed by atoms with Crippen molar-refractivity contribution in [3.63, 3.8) is 0 Å². The van der Waals surface area contributed by atoms with Crippen molar-refractivity contribution < 1.29 is 4.79 Å². The van der Waals surface area contributed by atoms with E-state index in [4.69, 9.17) is 0 Å². The molecule has 1 fully saturated rings. The van der Waals surface area contributed by atoms with Gasteiger partial charge in [0.15, 0.2) is 0 Å². The Hall–Kier alpha value is -2.25. The monoisotopic (exact) mass is 397 g/mol. The first-order valence-electron chi connectivity index (χ1n) is 10.0. The Labute approximate surface area is 169 Å². The van der Waals surface area contributed by atoms with Crippen molar-refractivity contribution >= 4 is 28.3 Å². The maximum Gasteiger partial charge on any atom is 0.251 e. The van der Waals surface area contributed by atoms with Gasteiger partial charge in [-0.3, -0.25) is 9.69 Å². The van der Waals surface area contributed by atoms with Crippen LogP contribution in [0.1, 0.15) is 48.0 Å². The molecule has 148 valence electrons. The number of aromatic nitrogens is 3. The Kier molecular flexibility index (Phi) is 5.73. The fraction of sp³-hybridized carbons (Fsp3) is 0.476. The predicted octanol–water partition coefficient (Wildman–Crippen LogP) is 3.72. The molecule has 1 amide bonds. The van der Waals surface area contributed by atoms with Crippen LogP contribution < -0.4 is 5.32 Å². The molecule has 28 heavy (non-hydrogen) atoms. The predicted molar refractivity (Wildman–Crippen MR) is 113 cm³/mol. The Morgan fingerprint density at radius 1 is 1.32 bits per heavy atom. The number of nitrogens with one attached hydrogen (secondary N) is 1. The van der Waals surface area contributed by atoms with Crippen LogP contribution in [0.25, 0.3) is 11.0 Å². The molecule has 6 nitrogen and oxygen atoms in total. The fourth-order valence-corrected chi connectivity index (χ4v) is 4.73. The number of piperidine rings is 1. The minimum Gasteiger partial charge on any atom is -0.350 e. The molecule has 4 rings (SSSR count). The van der Waals surface area contributed by atoms with Gasteiger partial charge >= 0.3 is 0 Å². The van der Waals surface area contributed by atoms with Crippen LogP contribution in [-0.2, 0) is 6.54 Å². The smallest absolute Gasteiger partial charge is 0.251 e. The summed E-state index contributed by atoms with van der Waals surface area (Å²) in [6.07, 6.45) is 2.44. The number of fused-ring (bicyclic) bond motifs is 1. The highest BCUT2D eigenvalue weighted by molar-refractivity contribution is 7.10. The van der Waals surface area contributed by atoms with Crippen LogP contribution in [-0.4, -0.2) is 45.4 Å². The van der Waals surface area contributed by atoms with Crippen molar-refractivity contribution in [2.24, 2.45) is 5.92 Å². The molecule has 2 aromatic heterocycles. The number of rotatable bonds is 6. The van der Waals surface area contributed by atoms with E-state index in [2.05, 4.69) is 45.0 Å². The lowest BCUT2D eigenvalue weighted by Crippen LogP contribution is -2.41. The molecule has 0 bridgehead atoms. The van der Waals surface area contributed by atoms with Gasteiger partial charge in [0.2, 0.25) is 0 Å². The van der Waals surface area contributed by atoms with Gasteiger partial charge in [0.25, 0.3) is 5.91 Å². The molecule has 0 saturated carbocycles. The van der Waals surface area contributed by atoms with Crippen LogP contribution in [0, 0.1) is 5.92 Å². The first kappa shape index (κ1) is 19.1. The molecule has 1 saturated heterocycles. The number of likely N-dealkylation sites (tertiary alicyclic amines) is 1. The standard InChI is InChI=1S/C21H27N5OS/c1-3-26-18-7-6-16(13-17(18)23-24-26)21(27)22-14-19(20-5-4-12-28-20)25-10-8-15(2)9-11-25/h4-7,12-13,15,19H,3,8-11,14H2,1-2H3,(H,22,27)/t19-/m1/s1. The fourth-order valence-electron chi connectivity index (χ4n) is 3.87. The molecule has 0 aliphatic carbocycles. The molecule has 7 heteroatoms. The highest BCUT2D eigenvalue weighted by Gasteiger charge is 2.26. The average molecular weight is 398 g/mol. The Balaban J connectivity index is 1.46. The summed E-state index contributed by atoms with van der Waals surface area (Å²) in [4.78, 5) is 16.6. The van der Waals surface area contributed by atoms with Crippen LogP contribution in [0.3, 0.4) is 0 Å². The number of hydrogen-bond donors (Lipinski definition) is 1. The van der Waals surface area contributed by atoms with Crippen molar-refractivity contribution in [3.8, 4) is 0 Å². The maximum absolute atomic E-state index is 12.8. The minimum absolute atomic E-state index is 0.0557. The number of carbonyl (C=O) groups is 1. The van der Waals surface area contributed by atoms with E-state index in [1.165, 1.54) is 17.7 Å². The zero-order valence-corrected chi connectivity index (χ0v) is 17.3. The second kappa shape index (κ2) is 8.41. The molecule has 3 aromatic rings. The van der Waals surface area contributed by atoms with Gasteiger partial charge < -0.3 is 5.32 Å². The van der Waals surface area contributed by atoms with Crippen molar-refractivity contribution in [2.45, 2.75) is 39.3 Å². The van der Waals surface area contributed by atoms with Crippen LogP contribution in [0.4, 0.5) is 0 Å². The zero-order chi connectivity index (χ0) is 19.5. The van der Waals surface area contributed by atoms with Crippen LogP contribution in [0.15, 0.2) is 35.7 Å². The summed E-state index contributed by atoms with van der Waals surface area (Å²) in [6, 6.07) is 10.1. The lowest BCUT2D eigenvalue weighted by Gasteiger charge is -2.36. The number of benzene rings is 1. The summed E-state index contributed by atoms with van der Waals surface area (Å²) in [5.41, 5.74) is 2.35. The van der Waals surface area contributed by atoms with E-state index in [-0.39, 0.29) is 11.9 Å². The SMILES string of the molecule is CCn1nnc2cc(C(=O)NC[C@H](c3cccs3)N3CCC(C)CC3)ccc21. The summed E-state index contributed by atoms with van der Waals surface area (Å²) in [5, 5.41) is 13.6. The van der Waals surface area contributed by atoms with Gasteiger partial charge in [-0.2, -0.15) is 0 Å². The van der Waals surface area contributed by atoms with Crippen LogP contribution in [0.5, 0.6) is 0 Å². The normalized spacial score (nSPS) is 17.1. The Morgan fingerprint density at radius 3 is 2.86 bits per heavy atom. The second-order valence-electron chi connectivity index (χ2n) is 7.57. The van der Waals surface area contributed by atoms with E-state index in [1.54, 1.807) is 11.3 Å². The van der Waals surface area contributed by atoms with Gasteiger partial charge in [0.05, 0.1) is 11.6 Å². The number of nitrogens with zero attached hydrogens (tertiary/aromatic N) is 4.